The predicted octanol–water partition coefficient (Wildman–Crippen LogP) is 6.91. The van der Waals surface area contributed by atoms with Crippen molar-refractivity contribution in [3.8, 4) is 5.88 Å². The SMILES string of the molecule is [N-]=[N+]=Nc1ccc2c(c1)nc(CN1CCC(c3cccc(OCc4ccc(Cl)cc4F)n3)CC1)n2CC1CCO1. The first-order valence-electron chi connectivity index (χ1n) is 13.5. The third-order valence-electron chi connectivity index (χ3n) is 7.66. The summed E-state index contributed by atoms with van der Waals surface area (Å²) in [5.74, 6) is 1.41. The van der Waals surface area contributed by atoms with Crippen molar-refractivity contribution in [2.45, 2.75) is 51.0 Å². The molecular formula is C29H29ClFN7O2. The van der Waals surface area contributed by atoms with Crippen LogP contribution in [0.3, 0.4) is 0 Å². The van der Waals surface area contributed by atoms with Crippen LogP contribution in [0.4, 0.5) is 10.1 Å². The van der Waals surface area contributed by atoms with Crippen molar-refractivity contribution in [1.82, 2.24) is 19.4 Å². The van der Waals surface area contributed by atoms with E-state index >= 15 is 0 Å². The Bertz CT molecular complexity index is 1560. The Morgan fingerprint density at radius 2 is 1.95 bits per heavy atom. The van der Waals surface area contributed by atoms with E-state index in [2.05, 4.69) is 19.5 Å². The van der Waals surface area contributed by atoms with Gasteiger partial charge in [0.15, 0.2) is 0 Å². The lowest BCUT2D eigenvalue weighted by Gasteiger charge is -2.32. The van der Waals surface area contributed by atoms with Gasteiger partial charge in [0.1, 0.15) is 18.2 Å². The Morgan fingerprint density at radius 3 is 2.70 bits per heavy atom. The molecule has 1 atom stereocenters. The van der Waals surface area contributed by atoms with Gasteiger partial charge in [0.25, 0.3) is 0 Å². The molecule has 4 aromatic rings. The van der Waals surface area contributed by atoms with Crippen LogP contribution < -0.4 is 4.74 Å². The van der Waals surface area contributed by atoms with Crippen LogP contribution in [0.2, 0.25) is 5.02 Å². The molecule has 40 heavy (non-hydrogen) atoms. The van der Waals surface area contributed by atoms with Crippen molar-refractivity contribution < 1.29 is 13.9 Å². The monoisotopic (exact) mass is 561 g/mol. The van der Waals surface area contributed by atoms with E-state index in [9.17, 15) is 4.39 Å². The van der Waals surface area contributed by atoms with Crippen LogP contribution in [0, 0.1) is 5.82 Å². The van der Waals surface area contributed by atoms with Gasteiger partial charge in [-0.05, 0) is 68.2 Å². The number of likely N-dealkylation sites (tertiary alicyclic amines) is 1. The highest BCUT2D eigenvalue weighted by atomic mass is 35.5. The summed E-state index contributed by atoms with van der Waals surface area (Å²) in [7, 11) is 0. The highest BCUT2D eigenvalue weighted by molar-refractivity contribution is 6.30. The maximum atomic E-state index is 14.1. The van der Waals surface area contributed by atoms with Gasteiger partial charge in [0.2, 0.25) is 5.88 Å². The Hall–Kier alpha value is -3.69. The molecule has 4 heterocycles. The molecule has 0 spiro atoms. The Kier molecular flexibility index (Phi) is 7.84. The minimum atomic E-state index is -0.388. The number of halogens is 2. The average Bonchev–Trinajstić information content (AvgIpc) is 3.27. The molecule has 206 valence electrons. The minimum Gasteiger partial charge on any atom is -0.473 e. The van der Waals surface area contributed by atoms with Crippen molar-refractivity contribution in [2.75, 3.05) is 19.7 Å². The second kappa shape index (κ2) is 11.8. The summed E-state index contributed by atoms with van der Waals surface area (Å²) in [5, 5.41) is 4.09. The number of nitrogens with zero attached hydrogens (tertiary/aromatic N) is 7. The number of ether oxygens (including phenoxy) is 2. The largest absolute Gasteiger partial charge is 0.473 e. The summed E-state index contributed by atoms with van der Waals surface area (Å²) in [6.07, 6.45) is 3.19. The molecule has 1 unspecified atom stereocenters. The number of piperidine rings is 1. The zero-order valence-corrected chi connectivity index (χ0v) is 22.7. The average molecular weight is 562 g/mol. The number of pyridine rings is 1. The first-order chi connectivity index (χ1) is 19.6. The lowest BCUT2D eigenvalue weighted by atomic mass is 9.93. The van der Waals surface area contributed by atoms with Crippen LogP contribution in [0.1, 0.15) is 42.3 Å². The van der Waals surface area contributed by atoms with Gasteiger partial charge in [-0.2, -0.15) is 0 Å². The van der Waals surface area contributed by atoms with E-state index in [0.29, 0.717) is 28.1 Å². The molecule has 0 N–H and O–H groups in total. The van der Waals surface area contributed by atoms with Crippen LogP contribution >= 0.6 is 11.6 Å². The molecule has 2 aliphatic rings. The van der Waals surface area contributed by atoms with Gasteiger partial charge in [-0.25, -0.2) is 14.4 Å². The number of benzene rings is 2. The Balaban J connectivity index is 1.10. The molecule has 0 saturated carbocycles. The number of rotatable bonds is 9. The summed E-state index contributed by atoms with van der Waals surface area (Å²) in [5.41, 5.74) is 12.7. The standard InChI is InChI=1S/C29H29ClFN7O2/c30-21-5-4-20(24(31)14-21)18-40-29-3-1-2-25(34-29)19-8-11-37(12-9-19)17-28-33-26-15-22(35-36-32)6-7-27(26)38(28)16-23-10-13-39-23/h1-7,14-15,19,23H,8-13,16-18H2. The first kappa shape index (κ1) is 26.5. The van der Waals surface area contributed by atoms with E-state index in [0.717, 1.165) is 74.6 Å². The number of hydrogen-bond acceptors (Lipinski definition) is 6. The van der Waals surface area contributed by atoms with E-state index in [1.807, 2.05) is 30.3 Å². The van der Waals surface area contributed by atoms with Crippen molar-refractivity contribution in [2.24, 2.45) is 5.11 Å². The quantitative estimate of drug-likeness (QED) is 0.125. The van der Waals surface area contributed by atoms with Crippen LogP contribution in [0.25, 0.3) is 21.5 Å². The third kappa shape index (κ3) is 5.90. The fourth-order valence-electron chi connectivity index (χ4n) is 5.35. The van der Waals surface area contributed by atoms with Crippen LogP contribution in [0.15, 0.2) is 59.7 Å². The fourth-order valence-corrected chi connectivity index (χ4v) is 5.51. The molecule has 2 aromatic heterocycles. The smallest absolute Gasteiger partial charge is 0.213 e. The molecule has 9 nitrogen and oxygen atoms in total. The van der Waals surface area contributed by atoms with Gasteiger partial charge in [0, 0.05) is 45.5 Å². The fraction of sp³-hybridized carbons (Fsp3) is 0.379. The van der Waals surface area contributed by atoms with Gasteiger partial charge < -0.3 is 14.0 Å². The predicted molar refractivity (Wildman–Crippen MR) is 150 cm³/mol. The normalized spacial score (nSPS) is 17.9. The number of imidazole rings is 1. The molecule has 2 aromatic carbocycles. The molecule has 2 aliphatic heterocycles. The van der Waals surface area contributed by atoms with E-state index < -0.39 is 0 Å². The minimum absolute atomic E-state index is 0.0924. The lowest BCUT2D eigenvalue weighted by molar-refractivity contribution is -0.0592. The van der Waals surface area contributed by atoms with Crippen molar-refractivity contribution >= 4 is 28.3 Å². The molecule has 0 amide bonds. The molecule has 11 heteroatoms. The molecule has 2 fully saturated rings. The maximum absolute atomic E-state index is 14.1. The Morgan fingerprint density at radius 1 is 1.10 bits per heavy atom. The topological polar surface area (TPSA) is 101 Å². The number of hydrogen-bond donors (Lipinski definition) is 0. The number of aromatic nitrogens is 3. The summed E-state index contributed by atoms with van der Waals surface area (Å²) in [4.78, 5) is 15.0. The summed E-state index contributed by atoms with van der Waals surface area (Å²) < 4.78 is 27.9. The lowest BCUT2D eigenvalue weighted by Crippen LogP contribution is -2.35. The third-order valence-corrected chi connectivity index (χ3v) is 7.89. The highest BCUT2D eigenvalue weighted by Gasteiger charge is 2.26. The van der Waals surface area contributed by atoms with Crippen molar-refractivity contribution in [1.29, 1.82) is 0 Å². The summed E-state index contributed by atoms with van der Waals surface area (Å²) >= 11 is 5.85. The number of fused-ring (bicyclic) bond motifs is 1. The van der Waals surface area contributed by atoms with Crippen molar-refractivity contribution in [3.63, 3.8) is 0 Å². The van der Waals surface area contributed by atoms with Gasteiger partial charge >= 0.3 is 0 Å². The molecule has 6 rings (SSSR count). The van der Waals surface area contributed by atoms with Crippen LogP contribution in [0.5, 0.6) is 5.88 Å². The zero-order valence-electron chi connectivity index (χ0n) is 21.9. The van der Waals surface area contributed by atoms with Crippen molar-refractivity contribution in [3.05, 3.63) is 93.0 Å². The van der Waals surface area contributed by atoms with Gasteiger partial charge in [-0.1, -0.05) is 34.9 Å². The van der Waals surface area contributed by atoms with E-state index in [4.69, 9.17) is 36.6 Å². The summed E-state index contributed by atoms with van der Waals surface area (Å²) in [6.45, 7) is 4.23. The first-order valence-corrected chi connectivity index (χ1v) is 13.9. The van der Waals surface area contributed by atoms with Gasteiger partial charge in [0.05, 0.1) is 30.2 Å². The zero-order chi connectivity index (χ0) is 27.5. The summed E-state index contributed by atoms with van der Waals surface area (Å²) in [6, 6.07) is 16.0. The van der Waals surface area contributed by atoms with Gasteiger partial charge in [-0.15, -0.1) is 0 Å². The van der Waals surface area contributed by atoms with E-state index in [1.54, 1.807) is 18.2 Å². The molecule has 0 radical (unpaired) electrons. The highest BCUT2D eigenvalue weighted by Crippen LogP contribution is 2.30. The number of azide groups is 1. The molecular weight excluding hydrogens is 533 g/mol. The second-order valence-electron chi connectivity index (χ2n) is 10.3. The molecule has 0 bridgehead atoms. The van der Waals surface area contributed by atoms with E-state index in [1.165, 1.54) is 6.07 Å². The molecule has 2 saturated heterocycles. The maximum Gasteiger partial charge on any atom is 0.213 e. The van der Waals surface area contributed by atoms with Gasteiger partial charge in [-0.3, -0.25) is 4.90 Å². The van der Waals surface area contributed by atoms with E-state index in [-0.39, 0.29) is 18.5 Å². The molecule has 0 aliphatic carbocycles. The second-order valence-corrected chi connectivity index (χ2v) is 10.7. The van der Waals surface area contributed by atoms with Crippen LogP contribution in [-0.2, 0) is 24.4 Å². The Labute approximate surface area is 236 Å². The van der Waals surface area contributed by atoms with Crippen LogP contribution in [-0.4, -0.2) is 45.2 Å².